The molecule has 0 amide bonds. The Kier molecular flexibility index (Phi) is 2.78. The average molecular weight is 245 g/mol. The highest BCUT2D eigenvalue weighted by atomic mass is 19.1. The fraction of sp³-hybridized carbons (Fsp3) is 0.357. The number of rotatable bonds is 2. The van der Waals surface area contributed by atoms with E-state index >= 15 is 0 Å². The van der Waals surface area contributed by atoms with Crippen molar-refractivity contribution in [1.82, 2.24) is 9.78 Å². The predicted molar refractivity (Wildman–Crippen MR) is 69.1 cm³/mol. The summed E-state index contributed by atoms with van der Waals surface area (Å²) in [6.45, 7) is 0. The third-order valence-corrected chi connectivity index (χ3v) is 3.61. The second-order valence-corrected chi connectivity index (χ2v) is 4.84. The molecule has 1 aromatic carbocycles. The molecule has 94 valence electrons. The molecule has 2 aromatic rings. The molecule has 1 aromatic heterocycles. The largest absolute Gasteiger partial charge is 0.384 e. The maximum absolute atomic E-state index is 13.7. The molecule has 1 fully saturated rings. The molecule has 3 nitrogen and oxygen atoms in total. The molecule has 1 aliphatic rings. The van der Waals surface area contributed by atoms with Gasteiger partial charge < -0.3 is 5.73 Å². The molecule has 3 rings (SSSR count). The molecule has 0 radical (unpaired) electrons. The Bertz CT molecular complexity index is 556. The number of nitrogen functional groups attached to an aromatic ring is 1. The van der Waals surface area contributed by atoms with Gasteiger partial charge in [0.2, 0.25) is 0 Å². The first-order valence-corrected chi connectivity index (χ1v) is 6.36. The van der Waals surface area contributed by atoms with Gasteiger partial charge in [-0.2, -0.15) is 5.10 Å². The van der Waals surface area contributed by atoms with Gasteiger partial charge in [-0.05, 0) is 25.0 Å². The highest BCUT2D eigenvalue weighted by molar-refractivity contribution is 5.44. The number of aromatic nitrogens is 2. The summed E-state index contributed by atoms with van der Waals surface area (Å²) in [6, 6.07) is 8.44. The van der Waals surface area contributed by atoms with Gasteiger partial charge in [-0.1, -0.05) is 25.0 Å². The first-order chi connectivity index (χ1) is 8.75. The van der Waals surface area contributed by atoms with Gasteiger partial charge in [0.05, 0.1) is 5.69 Å². The molecular formula is C14H16FN3. The third-order valence-electron chi connectivity index (χ3n) is 3.61. The van der Waals surface area contributed by atoms with Crippen LogP contribution in [0, 0.1) is 5.82 Å². The third kappa shape index (κ3) is 1.88. The summed E-state index contributed by atoms with van der Waals surface area (Å²) in [4.78, 5) is 0. The van der Waals surface area contributed by atoms with E-state index in [0.29, 0.717) is 17.4 Å². The van der Waals surface area contributed by atoms with Gasteiger partial charge >= 0.3 is 0 Å². The molecule has 1 aliphatic carbocycles. The minimum atomic E-state index is -0.301. The zero-order valence-electron chi connectivity index (χ0n) is 10.1. The molecule has 0 unspecified atom stereocenters. The van der Waals surface area contributed by atoms with Crippen LogP contribution in [0.25, 0.3) is 5.69 Å². The van der Waals surface area contributed by atoms with Crippen molar-refractivity contribution in [3.05, 3.63) is 41.8 Å². The molecule has 0 aliphatic heterocycles. The van der Waals surface area contributed by atoms with Crippen molar-refractivity contribution in [2.45, 2.75) is 31.6 Å². The van der Waals surface area contributed by atoms with Gasteiger partial charge in [-0.25, -0.2) is 9.07 Å². The van der Waals surface area contributed by atoms with Crippen LogP contribution in [0.4, 0.5) is 10.2 Å². The minimum Gasteiger partial charge on any atom is -0.384 e. The summed E-state index contributed by atoms with van der Waals surface area (Å²) in [7, 11) is 0. The number of benzene rings is 1. The lowest BCUT2D eigenvalue weighted by atomic mass is 10.1. The van der Waals surface area contributed by atoms with Crippen molar-refractivity contribution < 1.29 is 4.39 Å². The second kappa shape index (κ2) is 4.44. The van der Waals surface area contributed by atoms with E-state index in [9.17, 15) is 4.39 Å². The molecule has 2 N–H and O–H groups in total. The number of hydrogen-bond donors (Lipinski definition) is 1. The van der Waals surface area contributed by atoms with E-state index in [1.165, 1.54) is 23.6 Å². The number of nitrogens with zero attached hydrogens (tertiary/aromatic N) is 2. The predicted octanol–water partition coefficient (Wildman–Crippen LogP) is 3.25. The van der Waals surface area contributed by atoms with Gasteiger partial charge in [-0.3, -0.25) is 0 Å². The highest BCUT2D eigenvalue weighted by Crippen LogP contribution is 2.34. The Hall–Kier alpha value is -1.84. The normalized spacial score (nSPS) is 16.3. The van der Waals surface area contributed by atoms with Crippen molar-refractivity contribution in [3.63, 3.8) is 0 Å². The van der Waals surface area contributed by atoms with Crippen molar-refractivity contribution in [2.75, 3.05) is 5.73 Å². The van der Waals surface area contributed by atoms with E-state index < -0.39 is 0 Å². The smallest absolute Gasteiger partial charge is 0.148 e. The quantitative estimate of drug-likeness (QED) is 0.882. The van der Waals surface area contributed by atoms with E-state index in [0.717, 1.165) is 18.5 Å². The molecule has 4 heteroatoms. The van der Waals surface area contributed by atoms with Crippen molar-refractivity contribution in [1.29, 1.82) is 0 Å². The van der Waals surface area contributed by atoms with Gasteiger partial charge in [0.1, 0.15) is 17.3 Å². The zero-order chi connectivity index (χ0) is 12.5. The summed E-state index contributed by atoms with van der Waals surface area (Å²) in [5, 5.41) is 4.47. The Morgan fingerprint density at radius 1 is 1.22 bits per heavy atom. The van der Waals surface area contributed by atoms with Crippen LogP contribution in [-0.4, -0.2) is 9.78 Å². The standard InChI is InChI=1S/C14H16FN3/c15-11-7-3-4-8-13(11)18-14(16)9-12(17-18)10-5-1-2-6-10/h3-4,7-10H,1-2,5-6,16H2. The van der Waals surface area contributed by atoms with Gasteiger partial charge in [0.25, 0.3) is 0 Å². The fourth-order valence-corrected chi connectivity index (χ4v) is 2.65. The van der Waals surface area contributed by atoms with Crippen LogP contribution < -0.4 is 5.73 Å². The average Bonchev–Trinajstić information content (AvgIpc) is 2.99. The molecule has 1 saturated carbocycles. The zero-order valence-corrected chi connectivity index (χ0v) is 10.1. The van der Waals surface area contributed by atoms with Crippen LogP contribution in [0.1, 0.15) is 37.3 Å². The van der Waals surface area contributed by atoms with Crippen LogP contribution >= 0.6 is 0 Å². The van der Waals surface area contributed by atoms with E-state index in [1.54, 1.807) is 18.2 Å². The van der Waals surface area contributed by atoms with Crippen molar-refractivity contribution in [2.24, 2.45) is 0 Å². The van der Waals surface area contributed by atoms with Crippen LogP contribution in [0.5, 0.6) is 0 Å². The second-order valence-electron chi connectivity index (χ2n) is 4.84. The summed E-state index contributed by atoms with van der Waals surface area (Å²) in [5.41, 5.74) is 7.35. The first kappa shape index (κ1) is 11.3. The monoisotopic (exact) mass is 245 g/mol. The lowest BCUT2D eigenvalue weighted by Crippen LogP contribution is -2.04. The van der Waals surface area contributed by atoms with E-state index in [1.807, 2.05) is 6.07 Å². The highest BCUT2D eigenvalue weighted by Gasteiger charge is 2.21. The number of para-hydroxylation sites is 1. The maximum atomic E-state index is 13.7. The first-order valence-electron chi connectivity index (χ1n) is 6.36. The number of hydrogen-bond acceptors (Lipinski definition) is 2. The van der Waals surface area contributed by atoms with E-state index in [4.69, 9.17) is 5.73 Å². The van der Waals surface area contributed by atoms with Crippen LogP contribution in [0.2, 0.25) is 0 Å². The fourth-order valence-electron chi connectivity index (χ4n) is 2.65. The van der Waals surface area contributed by atoms with Gasteiger partial charge in [0, 0.05) is 12.0 Å². The Labute approximate surface area is 105 Å². The number of halogens is 1. The SMILES string of the molecule is Nc1cc(C2CCCC2)nn1-c1ccccc1F. The lowest BCUT2D eigenvalue weighted by molar-refractivity contribution is 0.607. The van der Waals surface area contributed by atoms with E-state index in [-0.39, 0.29) is 5.82 Å². The molecular weight excluding hydrogens is 229 g/mol. The lowest BCUT2D eigenvalue weighted by Gasteiger charge is -2.06. The number of anilines is 1. The molecule has 18 heavy (non-hydrogen) atoms. The molecule has 0 atom stereocenters. The summed E-state index contributed by atoms with van der Waals surface area (Å²) < 4.78 is 15.2. The Morgan fingerprint density at radius 2 is 1.94 bits per heavy atom. The summed E-state index contributed by atoms with van der Waals surface area (Å²) in [6.07, 6.45) is 4.82. The van der Waals surface area contributed by atoms with Crippen molar-refractivity contribution >= 4 is 5.82 Å². The Balaban J connectivity index is 2.00. The topological polar surface area (TPSA) is 43.8 Å². The van der Waals surface area contributed by atoms with Crippen LogP contribution in [-0.2, 0) is 0 Å². The molecule has 1 heterocycles. The summed E-state index contributed by atoms with van der Waals surface area (Å²) >= 11 is 0. The maximum Gasteiger partial charge on any atom is 0.148 e. The Morgan fingerprint density at radius 3 is 2.67 bits per heavy atom. The number of nitrogens with two attached hydrogens (primary N) is 1. The van der Waals surface area contributed by atoms with Crippen LogP contribution in [0.15, 0.2) is 30.3 Å². The minimum absolute atomic E-state index is 0.301. The van der Waals surface area contributed by atoms with Gasteiger partial charge in [-0.15, -0.1) is 0 Å². The molecule has 0 bridgehead atoms. The van der Waals surface area contributed by atoms with Crippen LogP contribution in [0.3, 0.4) is 0 Å². The van der Waals surface area contributed by atoms with E-state index in [2.05, 4.69) is 5.10 Å². The molecule has 0 saturated heterocycles. The summed E-state index contributed by atoms with van der Waals surface area (Å²) in [5.74, 6) is 0.688. The van der Waals surface area contributed by atoms with Crippen molar-refractivity contribution in [3.8, 4) is 5.69 Å². The van der Waals surface area contributed by atoms with Gasteiger partial charge in [0.15, 0.2) is 0 Å². The molecule has 0 spiro atoms.